The summed E-state index contributed by atoms with van der Waals surface area (Å²) in [6, 6.07) is 0. The zero-order chi connectivity index (χ0) is 8.36. The Morgan fingerprint density at radius 3 is 2.00 bits per heavy atom. The molecule has 0 nitrogen and oxygen atoms in total. The monoisotopic (exact) mass is 308 g/mol. The van der Waals surface area contributed by atoms with E-state index in [2.05, 4.69) is 31.9 Å². The molecule has 0 N–H and O–H groups in total. The SMILES string of the molecule is CC(C)(Cl)C(Cl)C=C(Br)Br. The lowest BCUT2D eigenvalue weighted by molar-refractivity contribution is 0.719. The van der Waals surface area contributed by atoms with Crippen molar-refractivity contribution in [2.24, 2.45) is 0 Å². The smallest absolute Gasteiger partial charge is 0.0721 e. The summed E-state index contributed by atoms with van der Waals surface area (Å²) in [5.41, 5.74) is 0. The highest BCUT2D eigenvalue weighted by Crippen LogP contribution is 2.27. The van der Waals surface area contributed by atoms with Gasteiger partial charge in [0, 0.05) is 0 Å². The van der Waals surface area contributed by atoms with Crippen LogP contribution in [0.15, 0.2) is 9.47 Å². The molecule has 0 radical (unpaired) electrons. The Hall–Kier alpha value is 1.28. The van der Waals surface area contributed by atoms with E-state index < -0.39 is 4.87 Å². The van der Waals surface area contributed by atoms with E-state index in [9.17, 15) is 0 Å². The maximum atomic E-state index is 5.91. The highest BCUT2D eigenvalue weighted by molar-refractivity contribution is 9.28. The molecule has 0 heterocycles. The standard InChI is InChI=1S/C6H8Br2Cl2/c1-6(2,10)4(9)3-5(7)8/h3-4H,1-2H3. The molecule has 10 heavy (non-hydrogen) atoms. The Morgan fingerprint density at radius 2 is 1.90 bits per heavy atom. The van der Waals surface area contributed by atoms with Gasteiger partial charge in [0.2, 0.25) is 0 Å². The third-order valence-electron chi connectivity index (χ3n) is 0.928. The number of hydrogen-bond acceptors (Lipinski definition) is 0. The van der Waals surface area contributed by atoms with Gasteiger partial charge in [-0.25, -0.2) is 0 Å². The molecule has 1 unspecified atom stereocenters. The molecule has 0 rings (SSSR count). The van der Waals surface area contributed by atoms with Gasteiger partial charge in [0.25, 0.3) is 0 Å². The lowest BCUT2D eigenvalue weighted by Gasteiger charge is -2.19. The summed E-state index contributed by atoms with van der Waals surface area (Å²) in [6.45, 7) is 3.73. The van der Waals surface area contributed by atoms with Gasteiger partial charge < -0.3 is 0 Å². The van der Waals surface area contributed by atoms with Gasteiger partial charge in [-0.2, -0.15) is 0 Å². The average Bonchev–Trinajstić information content (AvgIpc) is 1.60. The fraction of sp³-hybridized carbons (Fsp3) is 0.667. The van der Waals surface area contributed by atoms with Crippen LogP contribution in [0.2, 0.25) is 0 Å². The Balaban J connectivity index is 4.11. The van der Waals surface area contributed by atoms with Gasteiger partial charge in [-0.15, -0.1) is 23.2 Å². The molecule has 0 aromatic heterocycles. The van der Waals surface area contributed by atoms with Crippen LogP contribution in [0.1, 0.15) is 13.8 Å². The molecule has 4 heteroatoms. The van der Waals surface area contributed by atoms with Gasteiger partial charge >= 0.3 is 0 Å². The molecular formula is C6H8Br2Cl2. The molecule has 0 aliphatic carbocycles. The normalized spacial score (nSPS) is 14.6. The first kappa shape index (κ1) is 11.3. The Labute approximate surface area is 88.2 Å². The molecule has 0 fully saturated rings. The van der Waals surface area contributed by atoms with Crippen molar-refractivity contribution in [1.29, 1.82) is 0 Å². The predicted octanol–water partition coefficient (Wildman–Crippen LogP) is 4.24. The van der Waals surface area contributed by atoms with Crippen molar-refractivity contribution < 1.29 is 0 Å². The van der Waals surface area contributed by atoms with E-state index in [0.717, 1.165) is 3.39 Å². The van der Waals surface area contributed by atoms with E-state index in [1.165, 1.54) is 0 Å². The minimum Gasteiger partial charge on any atom is -0.118 e. The first-order valence-electron chi connectivity index (χ1n) is 2.70. The molecule has 0 amide bonds. The van der Waals surface area contributed by atoms with Crippen molar-refractivity contribution in [3.8, 4) is 0 Å². The largest absolute Gasteiger partial charge is 0.118 e. The second-order valence-corrected chi connectivity index (χ2v) is 6.64. The fourth-order valence-corrected chi connectivity index (χ4v) is 1.33. The summed E-state index contributed by atoms with van der Waals surface area (Å²) in [6.07, 6.45) is 1.80. The van der Waals surface area contributed by atoms with Crippen LogP contribution in [0.25, 0.3) is 0 Å². The van der Waals surface area contributed by atoms with Crippen LogP contribution in [0, 0.1) is 0 Å². The van der Waals surface area contributed by atoms with Gasteiger partial charge in [0.1, 0.15) is 0 Å². The predicted molar refractivity (Wildman–Crippen MR) is 55.5 cm³/mol. The van der Waals surface area contributed by atoms with Gasteiger partial charge in [-0.05, 0) is 51.8 Å². The second-order valence-electron chi connectivity index (χ2n) is 2.42. The van der Waals surface area contributed by atoms with Crippen molar-refractivity contribution >= 4 is 55.1 Å². The molecule has 0 bridgehead atoms. The van der Waals surface area contributed by atoms with E-state index in [4.69, 9.17) is 23.2 Å². The topological polar surface area (TPSA) is 0 Å². The molecule has 1 atom stereocenters. The van der Waals surface area contributed by atoms with Crippen LogP contribution < -0.4 is 0 Å². The third kappa shape index (κ3) is 5.00. The third-order valence-corrected chi connectivity index (χ3v) is 2.48. The van der Waals surface area contributed by atoms with Crippen molar-refractivity contribution in [2.45, 2.75) is 24.1 Å². The lowest BCUT2D eigenvalue weighted by Crippen LogP contribution is -2.22. The van der Waals surface area contributed by atoms with Crippen molar-refractivity contribution in [3.63, 3.8) is 0 Å². The van der Waals surface area contributed by atoms with Gasteiger partial charge in [-0.3, -0.25) is 0 Å². The number of rotatable bonds is 2. The van der Waals surface area contributed by atoms with E-state index >= 15 is 0 Å². The van der Waals surface area contributed by atoms with E-state index in [-0.39, 0.29) is 5.38 Å². The molecule has 0 aromatic carbocycles. The second kappa shape index (κ2) is 4.34. The summed E-state index contributed by atoms with van der Waals surface area (Å²) in [5.74, 6) is 0. The quantitative estimate of drug-likeness (QED) is 0.669. The minimum atomic E-state index is -0.408. The van der Waals surface area contributed by atoms with Crippen LogP contribution in [-0.4, -0.2) is 10.3 Å². The highest BCUT2D eigenvalue weighted by atomic mass is 79.9. The van der Waals surface area contributed by atoms with Crippen molar-refractivity contribution in [3.05, 3.63) is 9.47 Å². The van der Waals surface area contributed by atoms with E-state index in [1.807, 2.05) is 13.8 Å². The summed E-state index contributed by atoms with van der Waals surface area (Å²) >= 11 is 18.2. The first-order chi connectivity index (χ1) is 4.34. The van der Waals surface area contributed by atoms with Crippen LogP contribution in [0.5, 0.6) is 0 Å². The number of halogens is 4. The molecule has 0 saturated heterocycles. The Kier molecular flexibility index (Phi) is 4.90. The van der Waals surface area contributed by atoms with Crippen LogP contribution in [0.4, 0.5) is 0 Å². The molecular weight excluding hydrogens is 303 g/mol. The minimum absolute atomic E-state index is 0.178. The van der Waals surface area contributed by atoms with Gasteiger partial charge in [-0.1, -0.05) is 0 Å². The van der Waals surface area contributed by atoms with Gasteiger partial charge in [0.15, 0.2) is 0 Å². The fourth-order valence-electron chi connectivity index (χ4n) is 0.309. The molecule has 0 aliphatic rings. The molecule has 0 saturated carbocycles. The molecule has 0 aromatic rings. The maximum absolute atomic E-state index is 5.91. The Bertz CT molecular complexity index is 133. The van der Waals surface area contributed by atoms with E-state index in [0.29, 0.717) is 0 Å². The first-order valence-corrected chi connectivity index (χ1v) is 5.10. The molecule has 0 aliphatic heterocycles. The van der Waals surface area contributed by atoms with Crippen LogP contribution in [0.3, 0.4) is 0 Å². The zero-order valence-electron chi connectivity index (χ0n) is 5.67. The summed E-state index contributed by atoms with van der Waals surface area (Å²) < 4.78 is 0.828. The van der Waals surface area contributed by atoms with Crippen molar-refractivity contribution in [2.75, 3.05) is 0 Å². The summed E-state index contributed by atoms with van der Waals surface area (Å²) in [4.78, 5) is -0.408. The Morgan fingerprint density at radius 1 is 1.50 bits per heavy atom. The van der Waals surface area contributed by atoms with Gasteiger partial charge in [0.05, 0.1) is 13.6 Å². The summed E-state index contributed by atoms with van der Waals surface area (Å²) in [7, 11) is 0. The van der Waals surface area contributed by atoms with Crippen LogP contribution in [-0.2, 0) is 0 Å². The molecule has 0 spiro atoms. The zero-order valence-corrected chi connectivity index (χ0v) is 10.4. The lowest BCUT2D eigenvalue weighted by atomic mass is 10.1. The highest BCUT2D eigenvalue weighted by Gasteiger charge is 2.22. The maximum Gasteiger partial charge on any atom is 0.0721 e. The van der Waals surface area contributed by atoms with E-state index in [1.54, 1.807) is 6.08 Å². The number of allylic oxidation sites excluding steroid dienone is 1. The summed E-state index contributed by atoms with van der Waals surface area (Å²) in [5, 5.41) is -0.178. The van der Waals surface area contributed by atoms with Crippen molar-refractivity contribution in [1.82, 2.24) is 0 Å². The number of hydrogen-bond donors (Lipinski definition) is 0. The van der Waals surface area contributed by atoms with Crippen LogP contribution >= 0.6 is 55.1 Å². The average molecular weight is 311 g/mol. The molecule has 60 valence electrons. The number of alkyl halides is 2.